The summed E-state index contributed by atoms with van der Waals surface area (Å²) >= 11 is 0. The van der Waals surface area contributed by atoms with Gasteiger partial charge in [0.15, 0.2) is 17.0 Å². The Hall–Kier alpha value is -3.49. The molecular formula is C22H17F3N4O2. The molecule has 0 radical (unpaired) electrons. The maximum atomic E-state index is 13.4. The molecule has 3 aromatic heterocycles. The first-order valence-electron chi connectivity index (χ1n) is 9.73. The largest absolute Gasteiger partial charge is 0.464 e. The highest BCUT2D eigenvalue weighted by Gasteiger charge is 2.37. The van der Waals surface area contributed by atoms with E-state index in [0.717, 1.165) is 30.0 Å². The molecule has 0 saturated heterocycles. The molecule has 1 saturated carbocycles. The van der Waals surface area contributed by atoms with Crippen LogP contribution in [0.1, 0.15) is 46.1 Å². The number of halogens is 3. The van der Waals surface area contributed by atoms with E-state index in [1.807, 2.05) is 31.2 Å². The number of carbonyl (C=O) groups excluding carboxylic acids is 1. The van der Waals surface area contributed by atoms with E-state index in [1.54, 1.807) is 0 Å². The van der Waals surface area contributed by atoms with Gasteiger partial charge in [0.1, 0.15) is 5.69 Å². The first-order chi connectivity index (χ1) is 14.8. The number of nitrogens with zero attached hydrogens (tertiary/aromatic N) is 4. The monoisotopic (exact) mass is 426 g/mol. The van der Waals surface area contributed by atoms with Crippen molar-refractivity contribution in [1.29, 1.82) is 0 Å². The number of ether oxygens (including phenoxy) is 1. The number of benzene rings is 1. The Balaban J connectivity index is 1.86. The normalized spacial score (nSPS) is 14.4. The van der Waals surface area contributed by atoms with Crippen molar-refractivity contribution in [2.24, 2.45) is 0 Å². The maximum absolute atomic E-state index is 13.4. The molecule has 5 rings (SSSR count). The molecule has 1 aliphatic carbocycles. The minimum Gasteiger partial charge on any atom is -0.464 e. The zero-order chi connectivity index (χ0) is 21.9. The summed E-state index contributed by atoms with van der Waals surface area (Å²) in [6.45, 7) is 1.95. The molecule has 0 atom stereocenters. The van der Waals surface area contributed by atoms with Gasteiger partial charge in [-0.1, -0.05) is 29.8 Å². The second kappa shape index (κ2) is 6.76. The van der Waals surface area contributed by atoms with Crippen molar-refractivity contribution in [3.63, 3.8) is 0 Å². The molecule has 9 heteroatoms. The number of carbonyl (C=O) groups is 1. The van der Waals surface area contributed by atoms with Gasteiger partial charge >= 0.3 is 12.1 Å². The number of rotatable bonds is 3. The Morgan fingerprint density at radius 2 is 1.84 bits per heavy atom. The summed E-state index contributed by atoms with van der Waals surface area (Å²) in [5.74, 6) is -0.677. The van der Waals surface area contributed by atoms with Crippen LogP contribution in [0.3, 0.4) is 0 Å². The number of fused-ring (bicyclic) bond motifs is 3. The fourth-order valence-corrected chi connectivity index (χ4v) is 3.69. The highest BCUT2D eigenvalue weighted by molar-refractivity contribution is 5.97. The number of pyridine rings is 1. The summed E-state index contributed by atoms with van der Waals surface area (Å²) in [7, 11) is 1.24. The Morgan fingerprint density at radius 1 is 1.13 bits per heavy atom. The van der Waals surface area contributed by atoms with Crippen molar-refractivity contribution in [1.82, 2.24) is 19.6 Å². The molecule has 4 aromatic rings. The van der Waals surface area contributed by atoms with Crippen molar-refractivity contribution < 1.29 is 22.7 Å². The Bertz CT molecular complexity index is 1340. The molecule has 0 aliphatic heterocycles. The lowest BCUT2D eigenvalue weighted by Crippen LogP contribution is -2.10. The second-order valence-electron chi connectivity index (χ2n) is 7.69. The lowest BCUT2D eigenvalue weighted by molar-refractivity contribution is -0.141. The first-order valence-corrected chi connectivity index (χ1v) is 9.73. The first kappa shape index (κ1) is 19.5. The molecule has 0 amide bonds. The Kier molecular flexibility index (Phi) is 4.25. The van der Waals surface area contributed by atoms with Crippen LogP contribution in [0.4, 0.5) is 13.2 Å². The summed E-state index contributed by atoms with van der Waals surface area (Å²) in [6, 6.07) is 10.2. The van der Waals surface area contributed by atoms with Gasteiger partial charge in [0, 0.05) is 5.56 Å². The van der Waals surface area contributed by atoms with Crippen LogP contribution in [0.15, 0.2) is 36.4 Å². The second-order valence-corrected chi connectivity index (χ2v) is 7.69. The predicted octanol–water partition coefficient (Wildman–Crippen LogP) is 4.94. The van der Waals surface area contributed by atoms with Gasteiger partial charge in [-0.3, -0.25) is 0 Å². The van der Waals surface area contributed by atoms with Crippen LogP contribution >= 0.6 is 0 Å². The lowest BCUT2D eigenvalue weighted by Gasteiger charge is -2.09. The van der Waals surface area contributed by atoms with E-state index in [4.69, 9.17) is 4.74 Å². The lowest BCUT2D eigenvalue weighted by atomic mass is 10.1. The van der Waals surface area contributed by atoms with Gasteiger partial charge in [-0.2, -0.15) is 13.2 Å². The molecule has 0 N–H and O–H groups in total. The van der Waals surface area contributed by atoms with E-state index in [0.29, 0.717) is 16.6 Å². The highest BCUT2D eigenvalue weighted by Crippen LogP contribution is 2.45. The van der Waals surface area contributed by atoms with Crippen LogP contribution < -0.4 is 0 Å². The van der Waals surface area contributed by atoms with Gasteiger partial charge in [0.05, 0.1) is 18.2 Å². The summed E-state index contributed by atoms with van der Waals surface area (Å²) in [5.41, 5.74) is 2.10. The van der Waals surface area contributed by atoms with E-state index < -0.39 is 17.8 Å². The third-order valence-corrected chi connectivity index (χ3v) is 5.43. The molecule has 0 unspecified atom stereocenters. The molecule has 1 aromatic carbocycles. The van der Waals surface area contributed by atoms with Gasteiger partial charge in [-0.15, -0.1) is 5.10 Å². The van der Waals surface area contributed by atoms with Crippen LogP contribution in [-0.2, 0) is 10.9 Å². The number of aryl methyl sites for hydroxylation is 1. The van der Waals surface area contributed by atoms with Crippen LogP contribution in [0.25, 0.3) is 27.9 Å². The van der Waals surface area contributed by atoms with E-state index in [1.165, 1.54) is 17.7 Å². The van der Waals surface area contributed by atoms with Gasteiger partial charge in [-0.05, 0) is 43.4 Å². The van der Waals surface area contributed by atoms with Gasteiger partial charge in [-0.25, -0.2) is 19.3 Å². The molecule has 3 heterocycles. The van der Waals surface area contributed by atoms with E-state index in [-0.39, 0.29) is 22.9 Å². The topological polar surface area (TPSA) is 69.4 Å². The molecule has 1 fully saturated rings. The van der Waals surface area contributed by atoms with E-state index in [9.17, 15) is 18.0 Å². The SMILES string of the molecule is COC(=O)c1cc(-c2ccc(C)cc2)nc2c3c(C4CC4)cc(C(F)(F)F)nc3nn12. The standard InChI is InChI=1S/C22H17F3N4O2/c1-11-3-5-13(6-4-11)15-10-16(21(30)31-2)29-20(26-15)18-14(12-7-8-12)9-17(22(23,24)25)27-19(18)28-29/h3-6,9-10,12H,7-8H2,1-2H3. The third kappa shape index (κ3) is 3.30. The van der Waals surface area contributed by atoms with Crippen molar-refractivity contribution in [2.75, 3.05) is 7.11 Å². The third-order valence-electron chi connectivity index (χ3n) is 5.43. The molecule has 0 bridgehead atoms. The van der Waals surface area contributed by atoms with Crippen molar-refractivity contribution in [2.45, 2.75) is 31.9 Å². The Morgan fingerprint density at radius 3 is 2.45 bits per heavy atom. The molecular weight excluding hydrogens is 409 g/mol. The summed E-state index contributed by atoms with van der Waals surface area (Å²) in [6.07, 6.45) is -3.02. The van der Waals surface area contributed by atoms with Gasteiger partial charge in [0.2, 0.25) is 0 Å². The molecule has 158 valence electrons. The minimum absolute atomic E-state index is 0.00833. The summed E-state index contributed by atoms with van der Waals surface area (Å²) in [4.78, 5) is 20.9. The zero-order valence-electron chi connectivity index (χ0n) is 16.7. The minimum atomic E-state index is -4.60. The summed E-state index contributed by atoms with van der Waals surface area (Å²) < 4.78 is 46.4. The molecule has 0 spiro atoms. The number of hydrogen-bond acceptors (Lipinski definition) is 5. The number of esters is 1. The van der Waals surface area contributed by atoms with Crippen LogP contribution in [0.5, 0.6) is 0 Å². The molecule has 31 heavy (non-hydrogen) atoms. The van der Waals surface area contributed by atoms with Gasteiger partial charge < -0.3 is 4.74 Å². The number of alkyl halides is 3. The van der Waals surface area contributed by atoms with Crippen LogP contribution in [0.2, 0.25) is 0 Å². The van der Waals surface area contributed by atoms with E-state index in [2.05, 4.69) is 15.1 Å². The average molecular weight is 426 g/mol. The quantitative estimate of drug-likeness (QED) is 0.434. The average Bonchev–Trinajstić information content (AvgIpc) is 3.52. The van der Waals surface area contributed by atoms with Crippen molar-refractivity contribution >= 4 is 22.6 Å². The highest BCUT2D eigenvalue weighted by atomic mass is 19.4. The van der Waals surface area contributed by atoms with Crippen LogP contribution in [0, 0.1) is 6.92 Å². The fraction of sp³-hybridized carbons (Fsp3) is 0.273. The summed E-state index contributed by atoms with van der Waals surface area (Å²) in [5, 5.41) is 4.66. The molecule has 1 aliphatic rings. The fourth-order valence-electron chi connectivity index (χ4n) is 3.69. The number of aromatic nitrogens is 4. The number of hydrogen-bond donors (Lipinski definition) is 0. The van der Waals surface area contributed by atoms with Crippen molar-refractivity contribution in [3.05, 3.63) is 58.9 Å². The van der Waals surface area contributed by atoms with Gasteiger partial charge in [0.25, 0.3) is 0 Å². The molecule has 6 nitrogen and oxygen atoms in total. The smallest absolute Gasteiger partial charge is 0.433 e. The number of methoxy groups -OCH3 is 1. The maximum Gasteiger partial charge on any atom is 0.433 e. The van der Waals surface area contributed by atoms with Crippen LogP contribution in [-0.4, -0.2) is 32.7 Å². The predicted molar refractivity (Wildman–Crippen MR) is 107 cm³/mol. The van der Waals surface area contributed by atoms with Crippen molar-refractivity contribution in [3.8, 4) is 11.3 Å². The Labute approximate surface area is 174 Å². The van der Waals surface area contributed by atoms with E-state index >= 15 is 0 Å². The zero-order valence-corrected chi connectivity index (χ0v) is 16.7.